The van der Waals surface area contributed by atoms with Gasteiger partial charge in [-0.1, -0.05) is 97.1 Å². The molecule has 3 atom stereocenters. The average Bonchev–Trinajstić information content (AvgIpc) is 1.56. The molecule has 6 aromatic carbocycles. The van der Waals surface area contributed by atoms with Crippen LogP contribution in [-0.4, -0.2) is 124 Å². The Bertz CT molecular complexity index is 4280. The number of aromatic nitrogens is 1. The molecule has 1 aliphatic rings. The average molecular weight is 1360 g/mol. The minimum Gasteiger partial charge on any atom is -0.493 e. The largest absolute Gasteiger partial charge is 0.493 e. The highest BCUT2D eigenvalue weighted by molar-refractivity contribution is 6.17. The van der Waals surface area contributed by atoms with E-state index >= 15 is 4.79 Å². The smallest absolute Gasteiger partial charge is 0.408 e. The molecular weight excluding hydrogens is 1280 g/mol. The molecule has 9 rings (SSSR count). The Labute approximate surface area is 572 Å². The lowest BCUT2D eigenvalue weighted by molar-refractivity contribution is -0.139. The molecule has 0 bridgehead atoms. The van der Waals surface area contributed by atoms with E-state index in [1.165, 1.54) is 46.6 Å². The van der Waals surface area contributed by atoms with Crippen molar-refractivity contribution >= 4 is 58.1 Å². The van der Waals surface area contributed by atoms with Crippen molar-refractivity contribution in [1.29, 1.82) is 0 Å². The second-order valence-corrected chi connectivity index (χ2v) is 25.9. The van der Waals surface area contributed by atoms with Crippen molar-refractivity contribution in [1.82, 2.24) is 20.5 Å². The molecule has 25 heteroatoms. The topological polar surface area (TPSA) is 294 Å². The van der Waals surface area contributed by atoms with Gasteiger partial charge in [-0.15, -0.1) is 0 Å². The van der Waals surface area contributed by atoms with Gasteiger partial charge in [0.25, 0.3) is 0 Å². The molecule has 25 nitrogen and oxygen atoms in total. The molecule has 0 saturated carbocycles. The second-order valence-electron chi connectivity index (χ2n) is 25.9. The van der Waals surface area contributed by atoms with E-state index in [0.717, 1.165) is 16.7 Å². The normalized spacial score (nSPS) is 12.9. The van der Waals surface area contributed by atoms with Gasteiger partial charge in [0.1, 0.15) is 27.9 Å². The number of nitrogens with one attached hydrogen (secondary N) is 3. The van der Waals surface area contributed by atoms with Crippen LogP contribution in [0.4, 0.5) is 14.4 Å². The van der Waals surface area contributed by atoms with Crippen molar-refractivity contribution < 1.29 is 94.8 Å². The maximum Gasteiger partial charge on any atom is 0.408 e. The molecule has 0 unspecified atom stereocenters. The number of methoxy groups -OCH3 is 4. The number of amides is 3. The highest BCUT2D eigenvalue weighted by Gasteiger charge is 2.37. The van der Waals surface area contributed by atoms with Crippen molar-refractivity contribution in [2.24, 2.45) is 0 Å². The lowest BCUT2D eigenvalue weighted by Crippen LogP contribution is -2.47. The molecule has 0 spiro atoms. The molecule has 3 N–H and O–H groups in total. The van der Waals surface area contributed by atoms with Crippen molar-refractivity contribution in [3.63, 3.8) is 0 Å². The zero-order chi connectivity index (χ0) is 71.3. The number of nitrogens with zero attached hydrogens (tertiary/aromatic N) is 1. The maximum absolute atomic E-state index is 15.1. The number of carbonyl (C=O) groups is 6. The summed E-state index contributed by atoms with van der Waals surface area (Å²) in [5.41, 5.74) is 0.536. The number of ether oxygens (including phenoxy) is 13. The number of hydrogen-bond acceptors (Lipinski definition) is 21. The lowest BCUT2D eigenvalue weighted by Gasteiger charge is -2.27. The zero-order valence-electron chi connectivity index (χ0n) is 57.5. The highest BCUT2D eigenvalue weighted by atomic mass is 16.6. The van der Waals surface area contributed by atoms with Gasteiger partial charge < -0.3 is 86.5 Å². The summed E-state index contributed by atoms with van der Waals surface area (Å²) in [5.74, 6) is -3.19. The van der Waals surface area contributed by atoms with Crippen molar-refractivity contribution in [3.8, 4) is 62.6 Å². The lowest BCUT2D eigenvalue weighted by atomic mass is 9.91. The number of hydrogen-bond donors (Lipinski definition) is 3. The van der Waals surface area contributed by atoms with Gasteiger partial charge in [0, 0.05) is 40.1 Å². The van der Waals surface area contributed by atoms with E-state index in [0.29, 0.717) is 27.9 Å². The number of aryl methyl sites for hydroxylation is 1. The van der Waals surface area contributed by atoms with Crippen molar-refractivity contribution in [2.45, 2.75) is 130 Å². The van der Waals surface area contributed by atoms with Crippen LogP contribution in [0.15, 0.2) is 137 Å². The Hall–Kier alpha value is -10.6. The molecule has 0 radical (unpaired) electrons. The number of esters is 3. The zero-order valence-corrected chi connectivity index (χ0v) is 57.5. The number of benzene rings is 6. The van der Waals surface area contributed by atoms with E-state index in [1.807, 2.05) is 91.0 Å². The van der Waals surface area contributed by atoms with Gasteiger partial charge in [0.05, 0.1) is 73.8 Å². The van der Waals surface area contributed by atoms with E-state index < -0.39 is 76.7 Å². The van der Waals surface area contributed by atoms with E-state index in [9.17, 15) is 28.8 Å². The van der Waals surface area contributed by atoms with Crippen LogP contribution in [0.2, 0.25) is 0 Å². The molecule has 1 aliphatic heterocycles. The summed E-state index contributed by atoms with van der Waals surface area (Å²) in [6.45, 7) is 14.3. The van der Waals surface area contributed by atoms with Crippen LogP contribution in [0.25, 0.3) is 44.3 Å². The molecule has 524 valence electrons. The summed E-state index contributed by atoms with van der Waals surface area (Å²) < 4.78 is 84.8. The van der Waals surface area contributed by atoms with Crippen LogP contribution >= 0.6 is 0 Å². The quantitative estimate of drug-likeness (QED) is 0.0196. The molecule has 0 aliphatic carbocycles. The Balaban J connectivity index is 1.19. The molecule has 8 aromatic rings. The van der Waals surface area contributed by atoms with Crippen LogP contribution in [0, 0.1) is 0 Å². The van der Waals surface area contributed by atoms with Crippen LogP contribution in [0.1, 0.15) is 84.6 Å². The summed E-state index contributed by atoms with van der Waals surface area (Å²) in [7, 11) is 5.46. The predicted molar refractivity (Wildman–Crippen MR) is 363 cm³/mol. The van der Waals surface area contributed by atoms with Crippen molar-refractivity contribution in [2.75, 3.05) is 48.3 Å². The van der Waals surface area contributed by atoms with Crippen LogP contribution in [0.3, 0.4) is 0 Å². The Morgan fingerprint density at radius 2 is 0.919 bits per heavy atom. The molecule has 0 saturated heterocycles. The number of carbonyl (C=O) groups excluding carboxylic acids is 6. The summed E-state index contributed by atoms with van der Waals surface area (Å²) in [5, 5.41) is 8.28. The van der Waals surface area contributed by atoms with Gasteiger partial charge in [0.2, 0.25) is 5.75 Å². The fourth-order valence-corrected chi connectivity index (χ4v) is 10.8. The monoisotopic (exact) mass is 1360 g/mol. The molecule has 0 fully saturated rings. The van der Waals surface area contributed by atoms with Crippen LogP contribution < -0.4 is 54.7 Å². The van der Waals surface area contributed by atoms with Crippen LogP contribution in [0.5, 0.6) is 40.2 Å². The molecule has 2 aromatic heterocycles. The number of alkyl carbamates (subject to hydrolysis) is 3. The molecule has 3 amide bonds. The molecular formula is C74H82N4O21. The summed E-state index contributed by atoms with van der Waals surface area (Å²) in [6.07, 6.45) is -2.66. The first kappa shape index (κ1) is 72.6. The highest BCUT2D eigenvalue weighted by Crippen LogP contribution is 2.53. The minimum atomic E-state index is -1.44. The first-order chi connectivity index (χ1) is 47.1. The third-order valence-corrected chi connectivity index (χ3v) is 15.0. The summed E-state index contributed by atoms with van der Waals surface area (Å²) >= 11 is 0. The van der Waals surface area contributed by atoms with Gasteiger partial charge in [-0.25, -0.2) is 33.6 Å². The Morgan fingerprint density at radius 1 is 0.485 bits per heavy atom. The Morgan fingerprint density at radius 3 is 1.35 bits per heavy atom. The summed E-state index contributed by atoms with van der Waals surface area (Å²) in [6, 6.07) is 32.5. The first-order valence-corrected chi connectivity index (χ1v) is 31.8. The van der Waals surface area contributed by atoms with Crippen LogP contribution in [-0.2, 0) is 75.6 Å². The fourth-order valence-electron chi connectivity index (χ4n) is 10.8. The number of rotatable bonds is 26. The van der Waals surface area contributed by atoms with Gasteiger partial charge in [-0.3, -0.25) is 0 Å². The first-order valence-electron chi connectivity index (χ1n) is 31.8. The van der Waals surface area contributed by atoms with Gasteiger partial charge in [-0.2, -0.15) is 0 Å². The van der Waals surface area contributed by atoms with Crippen molar-refractivity contribution in [3.05, 3.63) is 160 Å². The SMILES string of the molecule is COc1cc(-c2c3n(c4c(=O)oc5cc(OC(=O)[C@H](COCc6ccccc6)NC(=O)OC(C)(C)C)c(OC)cc5c24)CCc2c-3cc(OC)c(OC)c2OC(=O)[C@H](COCc2ccccc2)NC(=O)OC(C)(C)C)ccc1OC(=O)[C@H](COCc1ccccc1)NC(=O)OC(C)(C)C. The maximum atomic E-state index is 15.1. The van der Waals surface area contributed by atoms with Gasteiger partial charge in [0.15, 0.2) is 52.6 Å². The van der Waals surface area contributed by atoms with E-state index in [1.54, 1.807) is 85.1 Å². The fraction of sp³-hybridized carbons (Fsp3) is 0.365. The molecule has 3 heterocycles. The van der Waals surface area contributed by atoms with E-state index in [-0.39, 0.29) is 115 Å². The third-order valence-electron chi connectivity index (χ3n) is 15.0. The van der Waals surface area contributed by atoms with Gasteiger partial charge in [-0.05, 0) is 115 Å². The third kappa shape index (κ3) is 18.7. The van der Waals surface area contributed by atoms with E-state index in [2.05, 4.69) is 16.0 Å². The minimum absolute atomic E-state index is 0.00694. The Kier molecular flexibility index (Phi) is 23.3. The van der Waals surface area contributed by atoms with Gasteiger partial charge >= 0.3 is 41.8 Å². The summed E-state index contributed by atoms with van der Waals surface area (Å²) in [4.78, 5) is 98.6. The van der Waals surface area contributed by atoms with E-state index in [4.69, 9.17) is 66.0 Å². The standard InChI is InChI=1S/C74H82N4O21/c1-72(2,3)97-69(83)75-50(40-90-37-43-23-17-14-18-24-43)65(79)93-53-30-29-46(33-55(53)86-10)59-60-49-35-56(87-11)57(95-66(80)51(76-70(84)98-73(4,5)6)41-91-38-44-25-19-15-20-26-44)36-54(49)94-68(82)62(60)78-32-31-47-48(61(59)78)34-58(88-12)64(89-13)63(47)96-67(81)52(77-71(85)99-74(7,8)9)42-92-39-45-27-21-16-22-28-45/h14-30,33-36,50-52H,31-32,37-42H2,1-13H3,(H,75,83)(H,76,84)(H,77,85)/t50-,51-,52-/m0/s1. The molecule has 99 heavy (non-hydrogen) atoms. The number of fused-ring (bicyclic) bond motifs is 7. The second kappa shape index (κ2) is 31.7. The predicted octanol–water partition coefficient (Wildman–Crippen LogP) is 11.7.